The normalized spacial score (nSPS) is 10.4. The van der Waals surface area contributed by atoms with Gasteiger partial charge in [-0.1, -0.05) is 33.3 Å². The van der Waals surface area contributed by atoms with Crippen molar-refractivity contribution in [1.82, 2.24) is 15.5 Å². The maximum atomic E-state index is 12.0. The van der Waals surface area contributed by atoms with E-state index < -0.39 is 0 Å². The maximum absolute atomic E-state index is 12.0. The van der Waals surface area contributed by atoms with E-state index >= 15 is 0 Å². The lowest BCUT2D eigenvalue weighted by Gasteiger charge is -2.04. The number of carbonyl (C=O) groups excluding carboxylic acids is 2. The summed E-state index contributed by atoms with van der Waals surface area (Å²) < 4.78 is 5.86. The third-order valence-electron chi connectivity index (χ3n) is 3.14. The number of halogens is 1. The minimum atomic E-state index is -0.379. The lowest BCUT2D eigenvalue weighted by Crippen LogP contribution is -2.25. The van der Waals surface area contributed by atoms with Gasteiger partial charge in [-0.15, -0.1) is 10.2 Å². The molecule has 0 aliphatic rings. The zero-order chi connectivity index (χ0) is 17.6. The number of amides is 2. The number of nitrogens with one attached hydrogen (secondary N) is 2. The number of furan rings is 1. The topological polar surface area (TPSA) is 97.1 Å². The average molecular weight is 421 g/mol. The van der Waals surface area contributed by atoms with Crippen LogP contribution >= 0.6 is 27.3 Å². The van der Waals surface area contributed by atoms with Crippen LogP contribution in [0, 0.1) is 0 Å². The number of nitrogens with zero attached hydrogens (tertiary/aromatic N) is 2. The van der Waals surface area contributed by atoms with Crippen LogP contribution in [0.2, 0.25) is 0 Å². The van der Waals surface area contributed by atoms with E-state index in [4.69, 9.17) is 4.42 Å². The molecule has 0 spiro atoms. The number of benzene rings is 1. The number of hydrogen-bond acceptors (Lipinski definition) is 6. The first-order valence-electron chi connectivity index (χ1n) is 7.33. The Morgan fingerprint density at radius 2 is 2.04 bits per heavy atom. The lowest BCUT2D eigenvalue weighted by molar-refractivity contribution is 0.0952. The van der Waals surface area contributed by atoms with Crippen LogP contribution in [0.1, 0.15) is 25.9 Å². The first kappa shape index (κ1) is 17.3. The average Bonchev–Trinajstić information content (AvgIpc) is 3.26. The van der Waals surface area contributed by atoms with Gasteiger partial charge >= 0.3 is 0 Å². The van der Waals surface area contributed by atoms with E-state index in [1.54, 1.807) is 30.3 Å². The largest absolute Gasteiger partial charge is 0.459 e. The number of hydrogen-bond donors (Lipinski definition) is 2. The molecule has 3 rings (SSSR count). The molecule has 0 fully saturated rings. The minimum absolute atomic E-state index is 0.155. The van der Waals surface area contributed by atoms with Crippen molar-refractivity contribution in [2.75, 3.05) is 11.9 Å². The van der Waals surface area contributed by atoms with Crippen LogP contribution in [0.15, 0.2) is 51.6 Å². The van der Waals surface area contributed by atoms with Crippen molar-refractivity contribution >= 4 is 44.2 Å². The van der Waals surface area contributed by atoms with Crippen LogP contribution in [0.3, 0.4) is 0 Å². The molecule has 1 aromatic carbocycles. The highest BCUT2D eigenvalue weighted by atomic mass is 79.9. The second-order valence-corrected chi connectivity index (χ2v) is 6.93. The van der Waals surface area contributed by atoms with E-state index in [1.807, 2.05) is 6.07 Å². The van der Waals surface area contributed by atoms with Gasteiger partial charge in [0.25, 0.3) is 11.8 Å². The van der Waals surface area contributed by atoms with Crippen LogP contribution in [-0.2, 0) is 6.42 Å². The van der Waals surface area contributed by atoms with E-state index in [0.29, 0.717) is 28.7 Å². The molecular formula is C16H13BrN4O3S. The second-order valence-electron chi connectivity index (χ2n) is 4.95. The van der Waals surface area contributed by atoms with Crippen molar-refractivity contribution in [3.63, 3.8) is 0 Å². The molecule has 0 radical (unpaired) electrons. The van der Waals surface area contributed by atoms with Crippen molar-refractivity contribution in [2.45, 2.75) is 6.42 Å². The molecule has 2 N–H and O–H groups in total. The van der Waals surface area contributed by atoms with E-state index in [-0.39, 0.29) is 17.6 Å². The highest BCUT2D eigenvalue weighted by Gasteiger charge is 2.12. The van der Waals surface area contributed by atoms with Gasteiger partial charge in [0.1, 0.15) is 5.01 Å². The van der Waals surface area contributed by atoms with E-state index in [2.05, 4.69) is 36.8 Å². The smallest absolute Gasteiger partial charge is 0.293 e. The molecule has 0 aliphatic heterocycles. The van der Waals surface area contributed by atoms with Gasteiger partial charge in [0.15, 0.2) is 5.76 Å². The third-order valence-corrected chi connectivity index (χ3v) is 4.54. The molecule has 0 unspecified atom stereocenters. The third kappa shape index (κ3) is 4.74. The lowest BCUT2D eigenvalue weighted by atomic mass is 10.2. The van der Waals surface area contributed by atoms with E-state index in [0.717, 1.165) is 4.47 Å². The molecule has 9 heteroatoms. The molecule has 25 heavy (non-hydrogen) atoms. The monoisotopic (exact) mass is 420 g/mol. The zero-order valence-electron chi connectivity index (χ0n) is 12.9. The van der Waals surface area contributed by atoms with E-state index in [9.17, 15) is 9.59 Å². The molecular weight excluding hydrogens is 408 g/mol. The SMILES string of the molecule is O=C(NCCc1nnc(NC(=O)c2ccco2)s1)c1cccc(Br)c1. The van der Waals surface area contributed by atoms with Gasteiger partial charge in [0.05, 0.1) is 6.26 Å². The molecule has 0 saturated heterocycles. The summed E-state index contributed by atoms with van der Waals surface area (Å²) in [5.74, 6) is -0.328. The first-order chi connectivity index (χ1) is 12.1. The van der Waals surface area contributed by atoms with Gasteiger partial charge < -0.3 is 9.73 Å². The zero-order valence-corrected chi connectivity index (χ0v) is 15.3. The van der Waals surface area contributed by atoms with Crippen LogP contribution in [0.25, 0.3) is 0 Å². The summed E-state index contributed by atoms with van der Waals surface area (Å²) in [7, 11) is 0. The van der Waals surface area contributed by atoms with Gasteiger partial charge in [0, 0.05) is 23.0 Å². The molecule has 0 aliphatic carbocycles. The second kappa shape index (κ2) is 8.04. The Balaban J connectivity index is 1.49. The quantitative estimate of drug-likeness (QED) is 0.638. The predicted octanol–water partition coefficient (Wildman–Crippen LogP) is 3.12. The Labute approximate surface area is 155 Å². The molecule has 3 aromatic rings. The molecule has 2 amide bonds. The fraction of sp³-hybridized carbons (Fsp3) is 0.125. The van der Waals surface area contributed by atoms with Gasteiger partial charge in [-0.3, -0.25) is 14.9 Å². The molecule has 2 heterocycles. The van der Waals surface area contributed by atoms with E-state index in [1.165, 1.54) is 17.6 Å². The van der Waals surface area contributed by atoms with Crippen molar-refractivity contribution in [3.8, 4) is 0 Å². The number of carbonyl (C=O) groups is 2. The standard InChI is InChI=1S/C16H13BrN4O3S/c17-11-4-1-3-10(9-11)14(22)18-7-6-13-20-21-16(25-13)19-15(23)12-5-2-8-24-12/h1-5,8-9H,6-7H2,(H,18,22)(H,19,21,23). The number of aromatic nitrogens is 2. The summed E-state index contributed by atoms with van der Waals surface area (Å²) in [5, 5.41) is 14.4. The molecule has 0 atom stereocenters. The Morgan fingerprint density at radius 3 is 2.80 bits per heavy atom. The Morgan fingerprint density at radius 1 is 1.16 bits per heavy atom. The number of anilines is 1. The highest BCUT2D eigenvalue weighted by molar-refractivity contribution is 9.10. The van der Waals surface area contributed by atoms with Crippen molar-refractivity contribution in [3.05, 3.63) is 63.5 Å². The fourth-order valence-corrected chi connectivity index (χ4v) is 3.12. The van der Waals surface area contributed by atoms with Crippen molar-refractivity contribution < 1.29 is 14.0 Å². The van der Waals surface area contributed by atoms with Gasteiger partial charge in [0.2, 0.25) is 5.13 Å². The highest BCUT2D eigenvalue weighted by Crippen LogP contribution is 2.17. The van der Waals surface area contributed by atoms with Gasteiger partial charge in [-0.2, -0.15) is 0 Å². The Hall–Kier alpha value is -2.52. The molecule has 2 aromatic heterocycles. The van der Waals surface area contributed by atoms with Crippen molar-refractivity contribution in [1.29, 1.82) is 0 Å². The number of rotatable bonds is 6. The molecule has 128 valence electrons. The Kier molecular flexibility index (Phi) is 5.56. The summed E-state index contributed by atoms with van der Waals surface area (Å²) in [5.41, 5.74) is 0.582. The fourth-order valence-electron chi connectivity index (χ4n) is 1.99. The van der Waals surface area contributed by atoms with Crippen LogP contribution in [-0.4, -0.2) is 28.6 Å². The molecule has 7 nitrogen and oxygen atoms in total. The van der Waals surface area contributed by atoms with Crippen LogP contribution in [0.4, 0.5) is 5.13 Å². The van der Waals surface area contributed by atoms with Gasteiger partial charge in [-0.25, -0.2) is 0 Å². The summed E-state index contributed by atoms with van der Waals surface area (Å²) in [6.07, 6.45) is 1.95. The predicted molar refractivity (Wildman–Crippen MR) is 96.7 cm³/mol. The molecule has 0 bridgehead atoms. The van der Waals surface area contributed by atoms with Crippen molar-refractivity contribution in [2.24, 2.45) is 0 Å². The summed E-state index contributed by atoms with van der Waals surface area (Å²) >= 11 is 4.59. The summed E-state index contributed by atoms with van der Waals surface area (Å²) in [4.78, 5) is 23.9. The first-order valence-corrected chi connectivity index (χ1v) is 8.94. The maximum Gasteiger partial charge on any atom is 0.293 e. The van der Waals surface area contributed by atoms with Gasteiger partial charge in [-0.05, 0) is 30.3 Å². The van der Waals surface area contributed by atoms with Crippen LogP contribution in [0.5, 0.6) is 0 Å². The van der Waals surface area contributed by atoms with Crippen LogP contribution < -0.4 is 10.6 Å². The summed E-state index contributed by atoms with van der Waals surface area (Å²) in [6.45, 7) is 0.423. The minimum Gasteiger partial charge on any atom is -0.459 e. The summed E-state index contributed by atoms with van der Waals surface area (Å²) in [6, 6.07) is 10.4. The molecule has 0 saturated carbocycles. The Bertz CT molecular complexity index is 879.